The van der Waals surface area contributed by atoms with E-state index < -0.39 is 9.84 Å². The van der Waals surface area contributed by atoms with E-state index in [-0.39, 0.29) is 16.6 Å². The maximum absolute atomic E-state index is 12.8. The van der Waals surface area contributed by atoms with E-state index in [1.807, 2.05) is 25.3 Å². The van der Waals surface area contributed by atoms with Crippen molar-refractivity contribution in [2.24, 2.45) is 0 Å². The first-order valence-corrected chi connectivity index (χ1v) is 14.0. The van der Waals surface area contributed by atoms with Gasteiger partial charge in [-0.2, -0.15) is 9.61 Å². The lowest BCUT2D eigenvalue weighted by atomic mass is 9.89. The van der Waals surface area contributed by atoms with E-state index in [0.717, 1.165) is 52.4 Å². The first kappa shape index (κ1) is 21.6. The second-order valence-electron chi connectivity index (χ2n) is 9.29. The minimum absolute atomic E-state index is 0.0344. The lowest BCUT2D eigenvalue weighted by Crippen LogP contribution is -2.38. The Morgan fingerprint density at radius 1 is 1.12 bits per heavy atom. The number of anilines is 1. The Kier molecular flexibility index (Phi) is 4.98. The van der Waals surface area contributed by atoms with E-state index in [1.54, 1.807) is 23.7 Å². The van der Waals surface area contributed by atoms with E-state index in [4.69, 9.17) is 10.7 Å². The van der Waals surface area contributed by atoms with E-state index in [2.05, 4.69) is 20.4 Å². The number of nitrogens with one attached hydrogen (secondary N) is 1. The van der Waals surface area contributed by atoms with Gasteiger partial charge in [-0.25, -0.2) is 18.4 Å². The molecular weight excluding hydrogens is 470 g/mol. The van der Waals surface area contributed by atoms with Crippen molar-refractivity contribution in [1.82, 2.24) is 29.9 Å². The van der Waals surface area contributed by atoms with Gasteiger partial charge in [0.25, 0.3) is 0 Å². The zero-order chi connectivity index (χ0) is 23.6. The van der Waals surface area contributed by atoms with E-state index in [9.17, 15) is 8.42 Å². The summed E-state index contributed by atoms with van der Waals surface area (Å²) < 4.78 is 27.0. The fourth-order valence-corrected chi connectivity index (χ4v) is 7.11. The Bertz CT molecular complexity index is 1500. The van der Waals surface area contributed by atoms with Crippen LogP contribution < -0.4 is 11.1 Å². The number of nitrogens with two attached hydrogens (primary N) is 1. The number of aromatic nitrogens is 5. The molecule has 0 spiro atoms. The molecular formula is C23H25N7O2S2. The van der Waals surface area contributed by atoms with Crippen LogP contribution >= 0.6 is 11.3 Å². The van der Waals surface area contributed by atoms with Gasteiger partial charge in [0.05, 0.1) is 17.6 Å². The lowest BCUT2D eigenvalue weighted by molar-refractivity contribution is 0.355. The van der Waals surface area contributed by atoms with E-state index >= 15 is 0 Å². The second-order valence-corrected chi connectivity index (χ2v) is 12.5. The lowest BCUT2D eigenvalue weighted by Gasteiger charge is -2.30. The van der Waals surface area contributed by atoms with Gasteiger partial charge in [-0.3, -0.25) is 4.98 Å². The molecule has 6 rings (SSSR count). The highest BCUT2D eigenvalue weighted by Gasteiger charge is 2.38. The van der Waals surface area contributed by atoms with Crippen LogP contribution in [0.2, 0.25) is 0 Å². The van der Waals surface area contributed by atoms with Crippen molar-refractivity contribution in [1.29, 1.82) is 0 Å². The molecule has 0 amide bonds. The molecule has 11 heteroatoms. The van der Waals surface area contributed by atoms with Crippen LogP contribution in [0.4, 0.5) is 5.82 Å². The second kappa shape index (κ2) is 7.82. The minimum Gasteiger partial charge on any atom is -0.382 e. The number of nitrogen functional groups attached to an aromatic ring is 1. The molecule has 2 fully saturated rings. The summed E-state index contributed by atoms with van der Waals surface area (Å²) in [4.78, 5) is 15.1. The number of hydrogen-bond acceptors (Lipinski definition) is 9. The summed E-state index contributed by atoms with van der Waals surface area (Å²) in [6.07, 6.45) is 10.4. The van der Waals surface area contributed by atoms with Gasteiger partial charge in [0.15, 0.2) is 15.5 Å². The van der Waals surface area contributed by atoms with E-state index in [0.29, 0.717) is 23.4 Å². The number of thiazole rings is 1. The Labute approximate surface area is 201 Å². The van der Waals surface area contributed by atoms with Crippen molar-refractivity contribution in [3.8, 4) is 21.8 Å². The predicted molar refractivity (Wildman–Crippen MR) is 132 cm³/mol. The monoisotopic (exact) mass is 495 g/mol. The third kappa shape index (κ3) is 3.58. The van der Waals surface area contributed by atoms with Crippen LogP contribution in [0, 0.1) is 6.92 Å². The van der Waals surface area contributed by atoms with Crippen molar-refractivity contribution in [3.63, 3.8) is 0 Å². The molecule has 2 aliphatic heterocycles. The fraction of sp³-hybridized carbons (Fsp3) is 0.391. The van der Waals surface area contributed by atoms with Crippen LogP contribution in [-0.2, 0) is 9.84 Å². The third-order valence-corrected chi connectivity index (χ3v) is 8.90. The minimum atomic E-state index is -3.60. The normalized spacial score (nSPS) is 22.5. The van der Waals surface area contributed by atoms with Crippen LogP contribution in [0.25, 0.3) is 27.5 Å². The quantitative estimate of drug-likeness (QED) is 0.442. The molecule has 2 aliphatic rings. The maximum atomic E-state index is 12.8. The zero-order valence-electron chi connectivity index (χ0n) is 18.9. The van der Waals surface area contributed by atoms with Crippen molar-refractivity contribution in [3.05, 3.63) is 41.3 Å². The number of aryl methyl sites for hydroxylation is 1. The summed E-state index contributed by atoms with van der Waals surface area (Å²) >= 11 is 1.59. The van der Waals surface area contributed by atoms with Crippen molar-refractivity contribution < 1.29 is 8.42 Å². The van der Waals surface area contributed by atoms with Crippen LogP contribution in [0.15, 0.2) is 35.6 Å². The predicted octanol–water partition coefficient (Wildman–Crippen LogP) is 3.21. The van der Waals surface area contributed by atoms with Crippen molar-refractivity contribution >= 4 is 32.6 Å². The number of hydrogen-bond donors (Lipinski definition) is 2. The summed E-state index contributed by atoms with van der Waals surface area (Å²) in [6, 6.07) is 4.68. The van der Waals surface area contributed by atoms with Crippen LogP contribution in [-0.4, -0.2) is 51.3 Å². The molecule has 0 radical (unpaired) electrons. The summed E-state index contributed by atoms with van der Waals surface area (Å²) in [7, 11) is -3.60. The molecule has 0 aromatic carbocycles. The molecule has 0 saturated carbocycles. The first-order valence-electron chi connectivity index (χ1n) is 11.3. The number of piperidine rings is 1. The largest absolute Gasteiger partial charge is 0.382 e. The highest BCUT2D eigenvalue weighted by Crippen LogP contribution is 2.41. The van der Waals surface area contributed by atoms with Gasteiger partial charge in [0.2, 0.25) is 0 Å². The van der Waals surface area contributed by atoms with Gasteiger partial charge < -0.3 is 11.1 Å². The molecule has 176 valence electrons. The average molecular weight is 496 g/mol. The summed E-state index contributed by atoms with van der Waals surface area (Å²) in [5.41, 5.74) is 9.95. The van der Waals surface area contributed by atoms with Crippen LogP contribution in [0.1, 0.15) is 42.2 Å². The van der Waals surface area contributed by atoms with Crippen LogP contribution in [0.3, 0.4) is 0 Å². The van der Waals surface area contributed by atoms with Gasteiger partial charge >= 0.3 is 0 Å². The van der Waals surface area contributed by atoms with Gasteiger partial charge in [-0.15, -0.1) is 11.3 Å². The summed E-state index contributed by atoms with van der Waals surface area (Å²) in [5.74, 6) is 0.148. The van der Waals surface area contributed by atoms with E-state index in [1.165, 1.54) is 10.8 Å². The molecule has 0 aliphatic carbocycles. The molecule has 2 atom stereocenters. The number of pyridine rings is 1. The van der Waals surface area contributed by atoms with Gasteiger partial charge in [0.1, 0.15) is 15.7 Å². The molecule has 34 heavy (non-hydrogen) atoms. The Morgan fingerprint density at radius 3 is 2.50 bits per heavy atom. The molecule has 2 unspecified atom stereocenters. The van der Waals surface area contributed by atoms with Gasteiger partial charge in [0, 0.05) is 52.7 Å². The molecule has 2 bridgehead atoms. The summed E-state index contributed by atoms with van der Waals surface area (Å²) in [5, 5.41) is 8.88. The first-order chi connectivity index (χ1) is 16.3. The SMILES string of the molecule is Cc1cnc(-c2ccc(-c3cnn4c(N)c(S(C)(=O)=O)c(C5CC6CCC(C5)N6)nc34)cn2)s1. The highest BCUT2D eigenvalue weighted by molar-refractivity contribution is 7.91. The standard InChI is InChI=1S/C23H25N7O2S2/c1-12-9-26-23(33-12)18-6-3-13(10-25-18)17-11-27-30-21(24)20(34(2,31)32)19(29-22(17)30)14-7-15-4-5-16(8-14)28-15/h3,6,9-11,14-16,28H,4-5,7-8,24H2,1-2H3. The Balaban J connectivity index is 1.48. The van der Waals surface area contributed by atoms with Crippen LogP contribution in [0.5, 0.6) is 0 Å². The van der Waals surface area contributed by atoms with Crippen molar-refractivity contribution in [2.75, 3.05) is 12.0 Å². The van der Waals surface area contributed by atoms with Gasteiger partial charge in [-0.1, -0.05) is 6.07 Å². The van der Waals surface area contributed by atoms with Gasteiger partial charge in [-0.05, 0) is 38.7 Å². The maximum Gasteiger partial charge on any atom is 0.180 e. The average Bonchev–Trinajstić information content (AvgIpc) is 3.51. The molecule has 4 aromatic heterocycles. The molecule has 9 nitrogen and oxygen atoms in total. The number of rotatable bonds is 4. The molecule has 2 saturated heterocycles. The molecule has 4 aromatic rings. The number of nitrogens with zero attached hydrogens (tertiary/aromatic N) is 5. The topological polar surface area (TPSA) is 128 Å². The Hall–Kier alpha value is -2.89. The van der Waals surface area contributed by atoms with Crippen molar-refractivity contribution in [2.45, 2.75) is 55.5 Å². The molecule has 3 N–H and O–H groups in total. The zero-order valence-corrected chi connectivity index (χ0v) is 20.5. The summed E-state index contributed by atoms with van der Waals surface area (Å²) in [6.45, 7) is 2.01. The number of sulfone groups is 1. The number of fused-ring (bicyclic) bond motifs is 3. The smallest absolute Gasteiger partial charge is 0.180 e. The Morgan fingerprint density at radius 2 is 1.88 bits per heavy atom. The highest BCUT2D eigenvalue weighted by atomic mass is 32.2. The molecule has 6 heterocycles. The fourth-order valence-electron chi connectivity index (χ4n) is 5.31. The third-order valence-electron chi connectivity index (χ3n) is 6.81.